The van der Waals surface area contributed by atoms with Crippen LogP contribution in [0.25, 0.3) is 0 Å². The summed E-state index contributed by atoms with van der Waals surface area (Å²) in [6, 6.07) is 12.1. The van der Waals surface area contributed by atoms with Crippen LogP contribution in [0.3, 0.4) is 0 Å². The van der Waals surface area contributed by atoms with E-state index in [0.717, 1.165) is 9.26 Å². The van der Waals surface area contributed by atoms with E-state index in [4.69, 9.17) is 11.6 Å². The number of benzene rings is 2. The Morgan fingerprint density at radius 2 is 2.00 bits per heavy atom. The first-order chi connectivity index (χ1) is 9.49. The number of rotatable bonds is 4. The van der Waals surface area contributed by atoms with E-state index in [0.29, 0.717) is 10.6 Å². The lowest BCUT2D eigenvalue weighted by Gasteiger charge is -2.17. The predicted octanol–water partition coefficient (Wildman–Crippen LogP) is 5.03. The van der Waals surface area contributed by atoms with Crippen molar-refractivity contribution in [2.24, 2.45) is 0 Å². The molecular weight excluding hydrogens is 391 g/mol. The number of nitrogens with zero attached hydrogens (tertiary/aromatic N) is 1. The largest absolute Gasteiger partial charge is 0.377 e. The topological polar surface area (TPSA) is 55.2 Å². The number of nitrogens with one attached hydrogen (secondary N) is 1. The highest BCUT2D eigenvalue weighted by Crippen LogP contribution is 2.31. The maximum absolute atomic E-state index is 11.0. The minimum absolute atomic E-state index is 0.106. The zero-order valence-electron chi connectivity index (χ0n) is 10.6. The summed E-state index contributed by atoms with van der Waals surface area (Å²) >= 11 is 8.34. The number of hydrogen-bond acceptors (Lipinski definition) is 3. The van der Waals surface area contributed by atoms with Gasteiger partial charge in [-0.05, 0) is 47.7 Å². The van der Waals surface area contributed by atoms with Gasteiger partial charge in [0.2, 0.25) is 0 Å². The van der Waals surface area contributed by atoms with Gasteiger partial charge in [0, 0.05) is 9.64 Å². The van der Waals surface area contributed by atoms with Gasteiger partial charge in [-0.2, -0.15) is 0 Å². The van der Waals surface area contributed by atoms with Crippen LogP contribution < -0.4 is 5.32 Å². The maximum atomic E-state index is 11.0. The van der Waals surface area contributed by atoms with E-state index in [2.05, 4.69) is 27.9 Å². The molecule has 0 fully saturated rings. The number of nitro benzene ring substituents is 1. The normalized spacial score (nSPS) is 11.9. The highest BCUT2D eigenvalue weighted by atomic mass is 127. The van der Waals surface area contributed by atoms with Gasteiger partial charge in [-0.1, -0.05) is 29.8 Å². The van der Waals surface area contributed by atoms with Crippen molar-refractivity contribution in [1.82, 2.24) is 0 Å². The molecule has 0 aliphatic heterocycles. The fraction of sp³-hybridized carbons (Fsp3) is 0.143. The van der Waals surface area contributed by atoms with Crippen LogP contribution in [0.15, 0.2) is 42.5 Å². The Hall–Kier alpha value is -1.34. The summed E-state index contributed by atoms with van der Waals surface area (Å²) in [5, 5.41) is 14.8. The summed E-state index contributed by atoms with van der Waals surface area (Å²) < 4.78 is 1.04. The van der Waals surface area contributed by atoms with Gasteiger partial charge in [0.05, 0.1) is 27.2 Å². The number of para-hydroxylation sites is 1. The molecular formula is C14H12ClIN2O2. The lowest BCUT2D eigenvalue weighted by atomic mass is 10.1. The summed E-state index contributed by atoms with van der Waals surface area (Å²) in [4.78, 5) is 10.7. The van der Waals surface area contributed by atoms with E-state index in [1.807, 2.05) is 25.1 Å². The van der Waals surface area contributed by atoms with E-state index in [1.165, 1.54) is 6.07 Å². The van der Waals surface area contributed by atoms with Gasteiger partial charge >= 0.3 is 0 Å². The summed E-state index contributed by atoms with van der Waals surface area (Å²) in [6.07, 6.45) is 0. The monoisotopic (exact) mass is 402 g/mol. The van der Waals surface area contributed by atoms with Crippen molar-refractivity contribution in [3.05, 3.63) is 66.7 Å². The van der Waals surface area contributed by atoms with Gasteiger partial charge in [-0.15, -0.1) is 0 Å². The second-order valence-electron chi connectivity index (χ2n) is 4.31. The molecule has 0 heterocycles. The standard InChI is InChI=1S/C14H12ClIN2O2/c1-9(11-4-2-3-5-14(11)18(19)20)17-13-7-6-10(16)8-12(13)15/h2-9,17H,1H3. The molecule has 0 saturated carbocycles. The summed E-state index contributed by atoms with van der Waals surface area (Å²) in [5.74, 6) is 0. The minimum Gasteiger partial charge on any atom is -0.377 e. The molecule has 4 nitrogen and oxygen atoms in total. The Balaban J connectivity index is 2.28. The van der Waals surface area contributed by atoms with Gasteiger partial charge in [-0.3, -0.25) is 10.1 Å². The molecule has 0 aliphatic carbocycles. The van der Waals surface area contributed by atoms with Crippen molar-refractivity contribution in [3.63, 3.8) is 0 Å². The van der Waals surface area contributed by atoms with Gasteiger partial charge in [-0.25, -0.2) is 0 Å². The molecule has 6 heteroatoms. The van der Waals surface area contributed by atoms with E-state index >= 15 is 0 Å². The summed E-state index contributed by atoms with van der Waals surface area (Å²) in [5.41, 5.74) is 1.50. The van der Waals surface area contributed by atoms with Crippen LogP contribution in [0.5, 0.6) is 0 Å². The third-order valence-electron chi connectivity index (χ3n) is 2.90. The minimum atomic E-state index is -0.372. The van der Waals surface area contributed by atoms with Crippen LogP contribution in [-0.2, 0) is 0 Å². The Bertz CT molecular complexity index is 649. The van der Waals surface area contributed by atoms with Crippen LogP contribution in [-0.4, -0.2) is 4.92 Å². The molecule has 0 aromatic heterocycles. The zero-order chi connectivity index (χ0) is 14.7. The Kier molecular flexibility index (Phi) is 4.82. The van der Waals surface area contributed by atoms with Gasteiger partial charge < -0.3 is 5.32 Å². The number of hydrogen-bond donors (Lipinski definition) is 1. The van der Waals surface area contributed by atoms with E-state index in [1.54, 1.807) is 18.2 Å². The van der Waals surface area contributed by atoms with Crippen LogP contribution in [0, 0.1) is 13.7 Å². The van der Waals surface area contributed by atoms with Crippen molar-refractivity contribution in [2.45, 2.75) is 13.0 Å². The molecule has 20 heavy (non-hydrogen) atoms. The predicted molar refractivity (Wildman–Crippen MR) is 89.3 cm³/mol. The number of nitro groups is 1. The van der Waals surface area contributed by atoms with Crippen molar-refractivity contribution < 1.29 is 4.92 Å². The molecule has 1 atom stereocenters. The first-order valence-electron chi connectivity index (χ1n) is 5.94. The maximum Gasteiger partial charge on any atom is 0.274 e. The lowest BCUT2D eigenvalue weighted by molar-refractivity contribution is -0.385. The second-order valence-corrected chi connectivity index (χ2v) is 5.96. The molecule has 104 valence electrons. The van der Waals surface area contributed by atoms with E-state index < -0.39 is 0 Å². The van der Waals surface area contributed by atoms with Crippen molar-refractivity contribution >= 4 is 45.6 Å². The molecule has 0 amide bonds. The van der Waals surface area contributed by atoms with Gasteiger partial charge in [0.15, 0.2) is 0 Å². The third-order valence-corrected chi connectivity index (χ3v) is 3.89. The quantitative estimate of drug-likeness (QED) is 0.443. The molecule has 0 spiro atoms. The van der Waals surface area contributed by atoms with Gasteiger partial charge in [0.1, 0.15) is 0 Å². The van der Waals surface area contributed by atoms with Crippen LogP contribution in [0.1, 0.15) is 18.5 Å². The smallest absolute Gasteiger partial charge is 0.274 e. The van der Waals surface area contributed by atoms with Crippen molar-refractivity contribution in [1.29, 1.82) is 0 Å². The number of halogens is 2. The molecule has 2 aromatic rings. The first-order valence-corrected chi connectivity index (χ1v) is 7.39. The Labute approximate surface area is 135 Å². The average molecular weight is 403 g/mol. The van der Waals surface area contributed by atoms with E-state index in [9.17, 15) is 10.1 Å². The summed E-state index contributed by atoms with van der Waals surface area (Å²) in [6.45, 7) is 1.87. The van der Waals surface area contributed by atoms with E-state index in [-0.39, 0.29) is 16.7 Å². The summed E-state index contributed by atoms with van der Waals surface area (Å²) in [7, 11) is 0. The van der Waals surface area contributed by atoms with Crippen LogP contribution >= 0.6 is 34.2 Å². The SMILES string of the molecule is CC(Nc1ccc(I)cc1Cl)c1ccccc1[N+](=O)[O-]. The van der Waals surface area contributed by atoms with Crippen molar-refractivity contribution in [3.8, 4) is 0 Å². The highest BCUT2D eigenvalue weighted by Gasteiger charge is 2.18. The molecule has 1 unspecified atom stereocenters. The third kappa shape index (κ3) is 3.40. The molecule has 2 rings (SSSR count). The lowest BCUT2D eigenvalue weighted by Crippen LogP contribution is -2.09. The molecule has 0 aliphatic rings. The van der Waals surface area contributed by atoms with Crippen LogP contribution in [0.2, 0.25) is 5.02 Å². The van der Waals surface area contributed by atoms with Crippen molar-refractivity contribution in [2.75, 3.05) is 5.32 Å². The van der Waals surface area contributed by atoms with Gasteiger partial charge in [0.25, 0.3) is 5.69 Å². The highest BCUT2D eigenvalue weighted by molar-refractivity contribution is 14.1. The average Bonchev–Trinajstić information content (AvgIpc) is 2.41. The molecule has 0 saturated heterocycles. The fourth-order valence-corrected chi connectivity index (χ4v) is 2.85. The second kappa shape index (κ2) is 6.41. The number of anilines is 1. The molecule has 0 radical (unpaired) electrons. The first kappa shape index (κ1) is 15.1. The Morgan fingerprint density at radius 3 is 2.65 bits per heavy atom. The Morgan fingerprint density at radius 1 is 1.30 bits per heavy atom. The zero-order valence-corrected chi connectivity index (χ0v) is 13.6. The fourth-order valence-electron chi connectivity index (χ4n) is 1.94. The van der Waals surface area contributed by atoms with Crippen LogP contribution in [0.4, 0.5) is 11.4 Å². The molecule has 2 aromatic carbocycles. The molecule has 1 N–H and O–H groups in total. The molecule has 0 bridgehead atoms.